The first-order valence-electron chi connectivity index (χ1n) is 6.57. The van der Waals surface area contributed by atoms with Crippen molar-refractivity contribution in [3.63, 3.8) is 0 Å². The third-order valence-corrected chi connectivity index (χ3v) is 5.13. The van der Waals surface area contributed by atoms with Crippen LogP contribution in [0, 0.1) is 12.3 Å². The Labute approximate surface area is 118 Å². The molecular formula is C15H22BrNO. The predicted molar refractivity (Wildman–Crippen MR) is 80.7 cm³/mol. The van der Waals surface area contributed by atoms with Gasteiger partial charge >= 0.3 is 0 Å². The molecule has 0 amide bonds. The summed E-state index contributed by atoms with van der Waals surface area (Å²) in [4.78, 5) is 2.39. The number of anilines is 1. The maximum Gasteiger partial charge on any atom is 0.0472 e. The first-order chi connectivity index (χ1) is 8.67. The Morgan fingerprint density at radius 3 is 2.56 bits per heavy atom. The van der Waals surface area contributed by atoms with E-state index in [1.807, 2.05) is 0 Å². The highest BCUT2D eigenvalue weighted by atomic mass is 79.9. The topological polar surface area (TPSA) is 12.5 Å². The largest absolute Gasteiger partial charge is 0.381 e. The van der Waals surface area contributed by atoms with Crippen LogP contribution in [0.25, 0.3) is 0 Å². The van der Waals surface area contributed by atoms with E-state index in [2.05, 4.69) is 59.1 Å². The zero-order valence-corrected chi connectivity index (χ0v) is 12.9. The van der Waals surface area contributed by atoms with Crippen LogP contribution in [0.2, 0.25) is 0 Å². The van der Waals surface area contributed by atoms with Crippen molar-refractivity contribution in [1.82, 2.24) is 0 Å². The molecule has 0 aromatic heterocycles. The van der Waals surface area contributed by atoms with Gasteiger partial charge in [0.25, 0.3) is 0 Å². The van der Waals surface area contributed by atoms with E-state index in [9.17, 15) is 0 Å². The van der Waals surface area contributed by atoms with E-state index in [-0.39, 0.29) is 0 Å². The zero-order chi connectivity index (χ0) is 13.0. The fourth-order valence-electron chi connectivity index (χ4n) is 2.72. The summed E-state index contributed by atoms with van der Waals surface area (Å²) in [5, 5.41) is 1.06. The van der Waals surface area contributed by atoms with Crippen molar-refractivity contribution in [2.45, 2.75) is 19.8 Å². The minimum atomic E-state index is 0.356. The SMILES string of the molecule is Cc1ccccc1N(C)CC1(CBr)CCOCC1. The fraction of sp³-hybridized carbons (Fsp3) is 0.600. The van der Waals surface area contributed by atoms with Crippen LogP contribution in [-0.4, -0.2) is 32.1 Å². The molecule has 1 saturated heterocycles. The van der Waals surface area contributed by atoms with Gasteiger partial charge in [0.05, 0.1) is 0 Å². The summed E-state index contributed by atoms with van der Waals surface area (Å²) in [6, 6.07) is 8.60. The van der Waals surface area contributed by atoms with E-state index >= 15 is 0 Å². The lowest BCUT2D eigenvalue weighted by Gasteiger charge is -2.39. The van der Waals surface area contributed by atoms with Gasteiger partial charge in [0, 0.05) is 43.2 Å². The molecular weight excluding hydrogens is 290 g/mol. The van der Waals surface area contributed by atoms with Crippen molar-refractivity contribution in [1.29, 1.82) is 0 Å². The van der Waals surface area contributed by atoms with Crippen molar-refractivity contribution in [3.8, 4) is 0 Å². The van der Waals surface area contributed by atoms with Crippen molar-refractivity contribution in [2.24, 2.45) is 5.41 Å². The molecule has 0 N–H and O–H groups in total. The van der Waals surface area contributed by atoms with E-state index in [1.54, 1.807) is 0 Å². The summed E-state index contributed by atoms with van der Waals surface area (Å²) >= 11 is 3.71. The Kier molecular flexibility index (Phi) is 4.68. The van der Waals surface area contributed by atoms with Crippen LogP contribution in [0.15, 0.2) is 24.3 Å². The number of rotatable bonds is 4. The quantitative estimate of drug-likeness (QED) is 0.787. The number of nitrogens with zero attached hydrogens (tertiary/aromatic N) is 1. The molecule has 1 heterocycles. The van der Waals surface area contributed by atoms with Crippen LogP contribution in [0.4, 0.5) is 5.69 Å². The van der Waals surface area contributed by atoms with Gasteiger partial charge in [0.15, 0.2) is 0 Å². The average molecular weight is 312 g/mol. The molecule has 1 aliphatic rings. The molecule has 1 aliphatic heterocycles. The number of benzene rings is 1. The number of hydrogen-bond acceptors (Lipinski definition) is 2. The lowest BCUT2D eigenvalue weighted by atomic mass is 9.82. The van der Waals surface area contributed by atoms with Crippen molar-refractivity contribution < 1.29 is 4.74 Å². The second kappa shape index (κ2) is 6.07. The third-order valence-electron chi connectivity index (χ3n) is 3.94. The Balaban J connectivity index is 2.10. The van der Waals surface area contributed by atoms with E-state index in [4.69, 9.17) is 4.74 Å². The zero-order valence-electron chi connectivity index (χ0n) is 11.3. The van der Waals surface area contributed by atoms with Crippen molar-refractivity contribution in [2.75, 3.05) is 37.0 Å². The van der Waals surface area contributed by atoms with Crippen molar-refractivity contribution in [3.05, 3.63) is 29.8 Å². The van der Waals surface area contributed by atoms with Gasteiger partial charge in [-0.15, -0.1) is 0 Å². The van der Waals surface area contributed by atoms with Gasteiger partial charge in [-0.2, -0.15) is 0 Å². The second-order valence-corrected chi connectivity index (χ2v) is 5.95. The molecule has 0 radical (unpaired) electrons. The first-order valence-corrected chi connectivity index (χ1v) is 7.69. The summed E-state index contributed by atoms with van der Waals surface area (Å²) in [5.41, 5.74) is 3.04. The minimum Gasteiger partial charge on any atom is -0.381 e. The van der Waals surface area contributed by atoms with Gasteiger partial charge in [-0.25, -0.2) is 0 Å². The highest BCUT2D eigenvalue weighted by Gasteiger charge is 2.33. The summed E-state index contributed by atoms with van der Waals surface area (Å²) in [6.07, 6.45) is 2.29. The van der Waals surface area contributed by atoms with Crippen molar-refractivity contribution >= 4 is 21.6 Å². The maximum atomic E-state index is 5.50. The number of para-hydroxylation sites is 1. The van der Waals surface area contributed by atoms with Crippen LogP contribution in [0.1, 0.15) is 18.4 Å². The number of alkyl halides is 1. The van der Waals surface area contributed by atoms with E-state index in [1.165, 1.54) is 11.3 Å². The average Bonchev–Trinajstić information content (AvgIpc) is 2.40. The molecule has 0 bridgehead atoms. The molecule has 0 saturated carbocycles. The van der Waals surface area contributed by atoms with Crippen LogP contribution in [0.3, 0.4) is 0 Å². The Morgan fingerprint density at radius 2 is 1.94 bits per heavy atom. The Bertz CT molecular complexity index is 388. The van der Waals surface area contributed by atoms with E-state index < -0.39 is 0 Å². The van der Waals surface area contributed by atoms with Crippen LogP contribution < -0.4 is 4.90 Å². The van der Waals surface area contributed by atoms with Crippen LogP contribution in [0.5, 0.6) is 0 Å². The maximum absolute atomic E-state index is 5.50. The number of aryl methyl sites for hydroxylation is 1. The first kappa shape index (κ1) is 13.9. The minimum absolute atomic E-state index is 0.356. The molecule has 2 rings (SSSR count). The molecule has 100 valence electrons. The van der Waals surface area contributed by atoms with Crippen LogP contribution >= 0.6 is 15.9 Å². The highest BCUT2D eigenvalue weighted by molar-refractivity contribution is 9.09. The molecule has 1 aromatic carbocycles. The summed E-state index contributed by atoms with van der Waals surface area (Å²) in [5.74, 6) is 0. The molecule has 2 nitrogen and oxygen atoms in total. The monoisotopic (exact) mass is 311 g/mol. The summed E-state index contributed by atoms with van der Waals surface area (Å²) in [6.45, 7) is 5.06. The van der Waals surface area contributed by atoms with Gasteiger partial charge in [-0.3, -0.25) is 0 Å². The molecule has 18 heavy (non-hydrogen) atoms. The smallest absolute Gasteiger partial charge is 0.0472 e. The normalized spacial score (nSPS) is 18.6. The molecule has 0 atom stereocenters. The Hall–Kier alpha value is -0.540. The lowest BCUT2D eigenvalue weighted by Crippen LogP contribution is -2.41. The fourth-order valence-corrected chi connectivity index (χ4v) is 3.46. The molecule has 0 aliphatic carbocycles. The summed E-state index contributed by atoms with van der Waals surface area (Å²) < 4.78 is 5.50. The predicted octanol–water partition coefficient (Wildman–Crippen LogP) is 3.62. The number of hydrogen-bond donors (Lipinski definition) is 0. The lowest BCUT2D eigenvalue weighted by molar-refractivity contribution is 0.0304. The summed E-state index contributed by atoms with van der Waals surface area (Å²) in [7, 11) is 2.20. The van der Waals surface area contributed by atoms with Gasteiger partial charge in [0.2, 0.25) is 0 Å². The number of halogens is 1. The second-order valence-electron chi connectivity index (χ2n) is 5.39. The molecule has 1 aromatic rings. The van der Waals surface area contributed by atoms with E-state index in [0.29, 0.717) is 5.41 Å². The Morgan fingerprint density at radius 1 is 1.28 bits per heavy atom. The molecule has 3 heteroatoms. The van der Waals surface area contributed by atoms with E-state index in [0.717, 1.165) is 37.9 Å². The van der Waals surface area contributed by atoms with Crippen LogP contribution in [-0.2, 0) is 4.74 Å². The number of ether oxygens (including phenoxy) is 1. The third kappa shape index (κ3) is 3.07. The molecule has 0 unspecified atom stereocenters. The van der Waals surface area contributed by atoms with Gasteiger partial charge < -0.3 is 9.64 Å². The van der Waals surface area contributed by atoms with Gasteiger partial charge in [0.1, 0.15) is 0 Å². The highest BCUT2D eigenvalue weighted by Crippen LogP contribution is 2.34. The molecule has 0 spiro atoms. The van der Waals surface area contributed by atoms with Gasteiger partial charge in [-0.05, 0) is 31.4 Å². The molecule has 1 fully saturated rings. The standard InChI is InChI=1S/C15H22BrNO/c1-13-5-3-4-6-14(13)17(2)12-15(11-16)7-9-18-10-8-15/h3-6H,7-12H2,1-2H3. The van der Waals surface area contributed by atoms with Gasteiger partial charge in [-0.1, -0.05) is 34.1 Å².